The number of halogens is 1. The molecular weight excluding hydrogens is 278 g/mol. The van der Waals surface area contributed by atoms with E-state index in [1.165, 1.54) is 0 Å². The lowest BCUT2D eigenvalue weighted by atomic mass is 10.3. The Balaban J connectivity index is 1.97. The average Bonchev–Trinajstić information content (AvgIpc) is 2.79. The minimum atomic E-state index is 0.0621. The smallest absolute Gasteiger partial charge is 0.219 e. The first kappa shape index (κ1) is 14.8. The van der Waals surface area contributed by atoms with Crippen molar-refractivity contribution < 1.29 is 9.21 Å². The molecule has 0 radical (unpaired) electrons. The van der Waals surface area contributed by atoms with Gasteiger partial charge in [-0.25, -0.2) is 4.98 Å². The summed E-state index contributed by atoms with van der Waals surface area (Å²) >= 11 is 6.05. The van der Waals surface area contributed by atoms with Gasteiger partial charge in [-0.15, -0.1) is 0 Å². The van der Waals surface area contributed by atoms with Crippen molar-refractivity contribution in [2.45, 2.75) is 13.5 Å². The Hall–Kier alpha value is -1.59. The van der Waals surface area contributed by atoms with Crippen LogP contribution in [-0.4, -0.2) is 47.9 Å². The summed E-state index contributed by atoms with van der Waals surface area (Å²) in [5, 5.41) is 0.570. The minimum absolute atomic E-state index is 0.0621. The van der Waals surface area contributed by atoms with Crippen LogP contribution in [0.5, 0.6) is 0 Å². The molecule has 0 atom stereocenters. The fourth-order valence-corrected chi connectivity index (χ4v) is 2.03. The summed E-state index contributed by atoms with van der Waals surface area (Å²) < 4.78 is 5.66. The summed E-state index contributed by atoms with van der Waals surface area (Å²) in [6.07, 6.45) is 0. The molecule has 1 aromatic carbocycles. The van der Waals surface area contributed by atoms with Crippen molar-refractivity contribution in [3.63, 3.8) is 0 Å². The van der Waals surface area contributed by atoms with Crippen LogP contribution in [-0.2, 0) is 11.3 Å². The largest absolute Gasteiger partial charge is 0.438 e. The summed E-state index contributed by atoms with van der Waals surface area (Å²) in [7, 11) is 3.75. The van der Waals surface area contributed by atoms with Crippen molar-refractivity contribution >= 4 is 28.6 Å². The zero-order chi connectivity index (χ0) is 14.7. The summed E-state index contributed by atoms with van der Waals surface area (Å²) in [6, 6.07) is 5.50. The van der Waals surface area contributed by atoms with E-state index in [4.69, 9.17) is 16.0 Å². The van der Waals surface area contributed by atoms with E-state index >= 15 is 0 Å². The van der Waals surface area contributed by atoms with Crippen LogP contribution in [0.25, 0.3) is 11.1 Å². The molecule has 0 aliphatic heterocycles. The van der Waals surface area contributed by atoms with Crippen LogP contribution in [0.4, 0.5) is 0 Å². The predicted octanol–water partition coefficient (Wildman–Crippen LogP) is 2.39. The molecule has 0 aliphatic carbocycles. The number of aromatic nitrogens is 1. The molecule has 6 heteroatoms. The highest BCUT2D eigenvalue weighted by atomic mass is 35.5. The Kier molecular flexibility index (Phi) is 4.62. The third-order valence-electron chi connectivity index (χ3n) is 3.17. The number of fused-ring (bicyclic) bond motifs is 1. The minimum Gasteiger partial charge on any atom is -0.438 e. The molecule has 0 unspecified atom stereocenters. The van der Waals surface area contributed by atoms with Gasteiger partial charge in [0.2, 0.25) is 11.8 Å². The second kappa shape index (κ2) is 6.24. The standard InChI is InChI=1S/C14H18ClN3O2/c1-10(19)18(3)8-7-17(2)9-13-16-12-6-4-5-11(15)14(12)20-13/h4-6H,7-9H2,1-3H3. The fraction of sp³-hybridized carbons (Fsp3) is 0.429. The Morgan fingerprint density at radius 1 is 1.35 bits per heavy atom. The number of rotatable bonds is 5. The second-order valence-corrected chi connectivity index (χ2v) is 5.28. The van der Waals surface area contributed by atoms with Gasteiger partial charge in [0.05, 0.1) is 11.6 Å². The van der Waals surface area contributed by atoms with Gasteiger partial charge in [-0.05, 0) is 19.2 Å². The topological polar surface area (TPSA) is 49.6 Å². The highest BCUT2D eigenvalue weighted by molar-refractivity contribution is 6.34. The van der Waals surface area contributed by atoms with Crippen LogP contribution in [0, 0.1) is 0 Å². The number of benzene rings is 1. The van der Waals surface area contributed by atoms with E-state index in [9.17, 15) is 4.79 Å². The van der Waals surface area contributed by atoms with Crippen molar-refractivity contribution in [3.8, 4) is 0 Å². The number of para-hydroxylation sites is 1. The van der Waals surface area contributed by atoms with Crippen LogP contribution < -0.4 is 0 Å². The van der Waals surface area contributed by atoms with Crippen molar-refractivity contribution in [2.75, 3.05) is 27.2 Å². The van der Waals surface area contributed by atoms with Gasteiger partial charge >= 0.3 is 0 Å². The number of nitrogens with zero attached hydrogens (tertiary/aromatic N) is 3. The van der Waals surface area contributed by atoms with Gasteiger partial charge in [-0.1, -0.05) is 17.7 Å². The molecular formula is C14H18ClN3O2. The Morgan fingerprint density at radius 3 is 2.75 bits per heavy atom. The number of hydrogen-bond acceptors (Lipinski definition) is 4. The molecule has 1 heterocycles. The molecule has 1 aromatic heterocycles. The van der Waals surface area contributed by atoms with Gasteiger partial charge in [0.25, 0.3) is 0 Å². The molecule has 108 valence electrons. The van der Waals surface area contributed by atoms with Gasteiger partial charge in [0.1, 0.15) is 5.52 Å². The summed E-state index contributed by atoms with van der Waals surface area (Å²) in [6.45, 7) is 3.56. The Bertz CT molecular complexity index is 611. The first-order valence-electron chi connectivity index (χ1n) is 6.41. The maximum absolute atomic E-state index is 11.1. The van der Waals surface area contributed by atoms with E-state index in [2.05, 4.69) is 9.88 Å². The highest BCUT2D eigenvalue weighted by Gasteiger charge is 2.11. The van der Waals surface area contributed by atoms with Gasteiger partial charge in [0.15, 0.2) is 5.58 Å². The van der Waals surface area contributed by atoms with Gasteiger partial charge in [-0.3, -0.25) is 9.69 Å². The van der Waals surface area contributed by atoms with Gasteiger partial charge < -0.3 is 9.32 Å². The third-order valence-corrected chi connectivity index (χ3v) is 3.47. The normalized spacial score (nSPS) is 11.2. The number of hydrogen-bond donors (Lipinski definition) is 0. The highest BCUT2D eigenvalue weighted by Crippen LogP contribution is 2.24. The molecule has 0 saturated heterocycles. The van der Waals surface area contributed by atoms with E-state index in [1.807, 2.05) is 19.2 Å². The molecule has 20 heavy (non-hydrogen) atoms. The molecule has 0 aliphatic rings. The summed E-state index contributed by atoms with van der Waals surface area (Å²) in [5.74, 6) is 0.688. The number of likely N-dealkylation sites (N-methyl/N-ethyl adjacent to an activating group) is 2. The third kappa shape index (κ3) is 3.49. The maximum atomic E-state index is 11.1. The number of carbonyl (C=O) groups excluding carboxylic acids is 1. The molecule has 2 rings (SSSR count). The van der Waals surface area contributed by atoms with Crippen LogP contribution in [0.1, 0.15) is 12.8 Å². The van der Waals surface area contributed by atoms with E-state index in [-0.39, 0.29) is 5.91 Å². The van der Waals surface area contributed by atoms with Crippen molar-refractivity contribution in [1.82, 2.24) is 14.8 Å². The zero-order valence-corrected chi connectivity index (χ0v) is 12.6. The fourth-order valence-electron chi connectivity index (χ4n) is 1.82. The van der Waals surface area contributed by atoms with Crippen molar-refractivity contribution in [1.29, 1.82) is 0 Å². The van der Waals surface area contributed by atoms with Crippen LogP contribution >= 0.6 is 11.6 Å². The quantitative estimate of drug-likeness (QED) is 0.850. The van der Waals surface area contributed by atoms with Crippen molar-refractivity contribution in [2.24, 2.45) is 0 Å². The molecule has 0 N–H and O–H groups in total. The average molecular weight is 296 g/mol. The van der Waals surface area contributed by atoms with E-state index in [0.717, 1.165) is 12.1 Å². The van der Waals surface area contributed by atoms with Gasteiger partial charge in [0, 0.05) is 27.1 Å². The first-order valence-corrected chi connectivity index (χ1v) is 6.79. The zero-order valence-electron chi connectivity index (χ0n) is 11.9. The number of amides is 1. The monoisotopic (exact) mass is 295 g/mol. The van der Waals surface area contributed by atoms with Crippen LogP contribution in [0.2, 0.25) is 5.02 Å². The molecule has 0 fully saturated rings. The lowest BCUT2D eigenvalue weighted by molar-refractivity contribution is -0.127. The second-order valence-electron chi connectivity index (χ2n) is 4.87. The lowest BCUT2D eigenvalue weighted by Gasteiger charge is -2.19. The lowest BCUT2D eigenvalue weighted by Crippen LogP contribution is -2.33. The van der Waals surface area contributed by atoms with Crippen molar-refractivity contribution in [3.05, 3.63) is 29.1 Å². The van der Waals surface area contributed by atoms with E-state index in [1.54, 1.807) is 24.9 Å². The molecule has 0 bridgehead atoms. The molecule has 1 amide bonds. The maximum Gasteiger partial charge on any atom is 0.219 e. The molecule has 5 nitrogen and oxygen atoms in total. The van der Waals surface area contributed by atoms with E-state index < -0.39 is 0 Å². The summed E-state index contributed by atoms with van der Waals surface area (Å²) in [5.41, 5.74) is 1.39. The number of oxazole rings is 1. The van der Waals surface area contributed by atoms with Crippen LogP contribution in [0.15, 0.2) is 22.6 Å². The predicted molar refractivity (Wildman–Crippen MR) is 78.7 cm³/mol. The Labute approximate surface area is 123 Å². The molecule has 0 saturated carbocycles. The van der Waals surface area contributed by atoms with Crippen LogP contribution in [0.3, 0.4) is 0 Å². The Morgan fingerprint density at radius 2 is 2.10 bits per heavy atom. The molecule has 0 spiro atoms. The summed E-state index contributed by atoms with van der Waals surface area (Å²) in [4.78, 5) is 19.3. The SMILES string of the molecule is CC(=O)N(C)CCN(C)Cc1nc2cccc(Cl)c2o1. The first-order chi connectivity index (χ1) is 9.47. The number of carbonyl (C=O) groups is 1. The van der Waals surface area contributed by atoms with E-state index in [0.29, 0.717) is 29.6 Å². The van der Waals surface area contributed by atoms with Gasteiger partial charge in [-0.2, -0.15) is 0 Å². The molecule has 2 aromatic rings.